The summed E-state index contributed by atoms with van der Waals surface area (Å²) in [4.78, 5) is 0. The lowest BCUT2D eigenvalue weighted by Crippen LogP contribution is -2.57. The van der Waals surface area contributed by atoms with E-state index in [0.717, 1.165) is 23.7 Å². The molecule has 14 aromatic carbocycles. The number of aryl methyl sites for hydroxylation is 12. The fraction of sp³-hybridized carbons (Fsp3) is 0.276. The number of benzene rings is 14. The molecule has 5 heteroatoms. The summed E-state index contributed by atoms with van der Waals surface area (Å²) in [6.45, 7) is 27.9. The minimum Gasteiger partial charge on any atom is -0.309 e. The molecule has 121 heavy (non-hydrogen) atoms. The predicted molar refractivity (Wildman–Crippen MR) is 517 cm³/mol. The molecule has 596 valence electrons. The van der Waals surface area contributed by atoms with Gasteiger partial charge in [-0.2, -0.15) is 0 Å². The van der Waals surface area contributed by atoms with Crippen LogP contribution in [0.1, 0.15) is 166 Å². The fourth-order valence-corrected chi connectivity index (χ4v) is 28.2. The van der Waals surface area contributed by atoms with Crippen molar-refractivity contribution < 1.29 is 0 Å². The zero-order valence-corrected chi connectivity index (χ0v) is 72.9. The summed E-state index contributed by atoms with van der Waals surface area (Å²) in [6.07, 6.45) is 16.0. The highest BCUT2D eigenvalue weighted by Crippen LogP contribution is 2.68. The number of hydrogen-bond donors (Lipinski definition) is 0. The zero-order chi connectivity index (χ0) is 82.3. The van der Waals surface area contributed by atoms with Crippen molar-refractivity contribution in [3.05, 3.63) is 374 Å². The van der Waals surface area contributed by atoms with Gasteiger partial charge in [-0.3, -0.25) is 0 Å². The Morgan fingerprint density at radius 2 is 0.438 bits per heavy atom. The van der Waals surface area contributed by atoms with Crippen LogP contribution in [0, 0.1) is 107 Å². The highest BCUT2D eigenvalue weighted by atomic mass is 15.0. The molecular formula is C116H111B2N3. The van der Waals surface area contributed by atoms with E-state index >= 15 is 0 Å². The number of rotatable bonds is 13. The van der Waals surface area contributed by atoms with Crippen LogP contribution in [-0.4, -0.2) is 27.1 Å². The first-order valence-electron chi connectivity index (χ1n) is 45.4. The predicted octanol–water partition coefficient (Wildman–Crippen LogP) is 25.0. The van der Waals surface area contributed by atoms with E-state index in [1.165, 1.54) is 259 Å². The molecule has 4 unspecified atom stereocenters. The molecule has 0 amide bonds. The molecule has 8 saturated carbocycles. The highest BCUT2D eigenvalue weighted by Gasteiger charge is 2.60. The number of hydrogen-bond acceptors (Lipinski definition) is 0. The number of fused-ring (bicyclic) bond motifs is 9. The number of aromatic nitrogens is 3. The molecule has 8 aliphatic carbocycles. The van der Waals surface area contributed by atoms with E-state index < -0.39 is 0 Å². The van der Waals surface area contributed by atoms with Crippen molar-refractivity contribution in [2.45, 2.75) is 182 Å². The normalized spacial score (nSPS) is 22.0. The Bertz CT molecular complexity index is 6700. The lowest BCUT2D eigenvalue weighted by atomic mass is 9.34. The standard InChI is InChI=1S/C64H59BN2.C52H52BN/c1-40-29-42(3)61(43(4)30-40)65(62-44(5)31-41(2)32-45(62)6)50-23-19-48(20-24-50)63-35-46-33-47(36-63)38-64(37-46,39-63)49-21-25-51(26-22-49)66-59-18-12-9-15-55(59)56-34-52(27-28-60(56)66)67-57-16-10-7-13-53(57)54-14-8-11-17-58(54)67;1-33-23-35(3)49(36(4)24-33)53(50-37(5)25-34(2)26-38(50)6)43-19-15-41(16-20-43)51-28-39-27-40(29-51)31-52(30-39,32-51)42-17-21-44(22-18-42)54-47-13-9-7-11-45(47)46-12-8-10-14-48(46)54/h7-32,34,46-47H,33,35-39H2,1-6H3;7-26,39-40H,27-32H2,1-6H3. The van der Waals surface area contributed by atoms with Gasteiger partial charge in [0.05, 0.1) is 33.1 Å². The van der Waals surface area contributed by atoms with Crippen LogP contribution < -0.4 is 32.8 Å². The molecule has 25 rings (SSSR count). The Balaban J connectivity index is 0.000000148. The van der Waals surface area contributed by atoms with E-state index in [1.54, 1.807) is 22.3 Å². The maximum absolute atomic E-state index is 2.57. The second kappa shape index (κ2) is 28.6. The quantitative estimate of drug-likeness (QED) is 0.102. The van der Waals surface area contributed by atoms with Gasteiger partial charge in [0.15, 0.2) is 0 Å². The van der Waals surface area contributed by atoms with Crippen LogP contribution in [-0.2, 0) is 21.7 Å². The van der Waals surface area contributed by atoms with Crippen molar-refractivity contribution in [2.24, 2.45) is 23.7 Å². The molecule has 0 N–H and O–H groups in total. The summed E-state index contributed by atoms with van der Waals surface area (Å²) >= 11 is 0. The summed E-state index contributed by atoms with van der Waals surface area (Å²) in [5, 5.41) is 7.81. The molecule has 0 aliphatic heterocycles. The second-order valence-corrected chi connectivity index (χ2v) is 39.8. The molecule has 17 aromatic rings. The number of nitrogens with zero attached hydrogens (tertiary/aromatic N) is 3. The zero-order valence-electron chi connectivity index (χ0n) is 72.9. The lowest BCUT2D eigenvalue weighted by molar-refractivity contribution is -0.0282. The third-order valence-electron chi connectivity index (χ3n) is 31.5. The fourth-order valence-electron chi connectivity index (χ4n) is 28.2. The SMILES string of the molecule is Cc1cc(C)c(B(c2ccc(C34CC5CC(C3)CC(c3ccc(-n6c7ccccc7c7cc(-n8c9ccccc9c9ccccc98)ccc76)cc3)(C5)C4)cc2)c2c(C)cc(C)cc2C)c(C)c1.Cc1cc(C)c(B(c2ccc(C34CC5CC(C3)CC(c3ccc(-n6c7ccccc7c7ccccc76)cc3)(C5)C4)cc2)c2c(C)cc(C)cc2C)c(C)c1. The molecule has 0 saturated heterocycles. The highest BCUT2D eigenvalue weighted by molar-refractivity contribution is 6.97. The minimum absolute atomic E-state index is 0.202. The van der Waals surface area contributed by atoms with E-state index in [4.69, 9.17) is 0 Å². The molecule has 8 fully saturated rings. The van der Waals surface area contributed by atoms with Crippen molar-refractivity contribution in [3.8, 4) is 17.1 Å². The average molecular weight is 1570 g/mol. The van der Waals surface area contributed by atoms with E-state index in [0.29, 0.717) is 0 Å². The molecule has 8 aliphatic rings. The van der Waals surface area contributed by atoms with Crippen LogP contribution in [0.25, 0.3) is 82.5 Å². The van der Waals surface area contributed by atoms with Gasteiger partial charge >= 0.3 is 0 Å². The molecule has 0 radical (unpaired) electrons. The molecule has 3 heterocycles. The van der Waals surface area contributed by atoms with Gasteiger partial charge in [-0.25, -0.2) is 0 Å². The van der Waals surface area contributed by atoms with E-state index in [2.05, 4.69) is 382 Å². The first-order chi connectivity index (χ1) is 58.7. The van der Waals surface area contributed by atoms with Gasteiger partial charge in [0.2, 0.25) is 13.4 Å². The van der Waals surface area contributed by atoms with Gasteiger partial charge in [0.25, 0.3) is 0 Å². The van der Waals surface area contributed by atoms with Gasteiger partial charge in [-0.05, 0) is 301 Å². The third kappa shape index (κ3) is 12.3. The Morgan fingerprint density at radius 3 is 0.702 bits per heavy atom. The van der Waals surface area contributed by atoms with Gasteiger partial charge in [0, 0.05) is 49.4 Å². The van der Waals surface area contributed by atoms with Crippen molar-refractivity contribution >= 4 is 112 Å². The number of para-hydroxylation sites is 5. The van der Waals surface area contributed by atoms with E-state index in [-0.39, 0.29) is 35.1 Å². The van der Waals surface area contributed by atoms with Crippen molar-refractivity contribution in [3.63, 3.8) is 0 Å². The monoisotopic (exact) mass is 1570 g/mol. The van der Waals surface area contributed by atoms with Crippen molar-refractivity contribution in [1.82, 2.24) is 13.7 Å². The summed E-state index contributed by atoms with van der Waals surface area (Å²) in [7, 11) is 0. The van der Waals surface area contributed by atoms with Gasteiger partial charge < -0.3 is 13.7 Å². The molecule has 3 nitrogen and oxygen atoms in total. The van der Waals surface area contributed by atoms with Crippen molar-refractivity contribution in [2.75, 3.05) is 0 Å². The smallest absolute Gasteiger partial charge is 0.242 e. The van der Waals surface area contributed by atoms with Gasteiger partial charge in [-0.15, -0.1) is 0 Å². The van der Waals surface area contributed by atoms with Crippen LogP contribution in [0.3, 0.4) is 0 Å². The van der Waals surface area contributed by atoms with Crippen LogP contribution >= 0.6 is 0 Å². The Morgan fingerprint density at radius 1 is 0.223 bits per heavy atom. The van der Waals surface area contributed by atoms with Crippen LogP contribution in [0.5, 0.6) is 0 Å². The van der Waals surface area contributed by atoms with E-state index in [1.807, 2.05) is 0 Å². The summed E-state index contributed by atoms with van der Waals surface area (Å²) in [5.41, 5.74) is 43.7. The van der Waals surface area contributed by atoms with Gasteiger partial charge in [-0.1, -0.05) is 312 Å². The summed E-state index contributed by atoms with van der Waals surface area (Å²) in [6, 6.07) is 111. The minimum atomic E-state index is 0.202. The third-order valence-corrected chi connectivity index (χ3v) is 31.5. The first kappa shape index (κ1) is 75.8. The maximum atomic E-state index is 2.57. The first-order valence-corrected chi connectivity index (χ1v) is 45.4. The molecule has 0 spiro atoms. The van der Waals surface area contributed by atoms with E-state index in [9.17, 15) is 0 Å². The molecule has 8 bridgehead atoms. The van der Waals surface area contributed by atoms with Crippen molar-refractivity contribution in [1.29, 1.82) is 0 Å². The molecule has 3 aromatic heterocycles. The maximum Gasteiger partial charge on any atom is 0.242 e. The Kier molecular flexibility index (Phi) is 17.9. The van der Waals surface area contributed by atoms with Crippen LogP contribution in [0.15, 0.2) is 285 Å². The van der Waals surface area contributed by atoms with Crippen LogP contribution in [0.4, 0.5) is 0 Å². The largest absolute Gasteiger partial charge is 0.309 e. The average Bonchev–Trinajstić information content (AvgIpc) is 1.26. The Labute approximate surface area is 717 Å². The van der Waals surface area contributed by atoms with Gasteiger partial charge in [0.1, 0.15) is 0 Å². The lowest BCUT2D eigenvalue weighted by Gasteiger charge is -2.63. The summed E-state index contributed by atoms with van der Waals surface area (Å²) < 4.78 is 7.40. The molecular weight excluding hydrogens is 1460 g/mol. The molecule has 4 atom stereocenters. The second-order valence-electron chi connectivity index (χ2n) is 39.8. The topological polar surface area (TPSA) is 14.8 Å². The van der Waals surface area contributed by atoms with Crippen LogP contribution in [0.2, 0.25) is 0 Å². The Hall–Kier alpha value is -11.4. The summed E-state index contributed by atoms with van der Waals surface area (Å²) in [5.74, 6) is 3.19.